The highest BCUT2D eigenvalue weighted by atomic mass is 16.5. The maximum Gasteiger partial charge on any atom is 0.224 e. The molecule has 4 rings (SSSR count). The number of amides is 1. The van der Waals surface area contributed by atoms with Crippen LogP contribution in [0.1, 0.15) is 84.0 Å². The summed E-state index contributed by atoms with van der Waals surface area (Å²) in [4.78, 5) is 17.7. The molecular weight excluding hydrogens is 454 g/mol. The molecule has 3 aromatic heterocycles. The second-order valence-corrected chi connectivity index (χ2v) is 10.1. The number of carbonyl (C=O) groups excluding carboxylic acids is 1. The average Bonchev–Trinajstić information content (AvgIpc) is 3.38. The van der Waals surface area contributed by atoms with Crippen molar-refractivity contribution in [3.8, 4) is 0 Å². The Morgan fingerprint density at radius 3 is 2.53 bits per heavy atom. The third-order valence-electron chi connectivity index (χ3n) is 6.55. The van der Waals surface area contributed by atoms with Crippen LogP contribution in [0.3, 0.4) is 0 Å². The van der Waals surface area contributed by atoms with Crippen LogP contribution in [-0.4, -0.2) is 21.2 Å². The van der Waals surface area contributed by atoms with Gasteiger partial charge in [0.05, 0.1) is 29.4 Å². The van der Waals surface area contributed by atoms with Gasteiger partial charge in [-0.25, -0.2) is 0 Å². The summed E-state index contributed by atoms with van der Waals surface area (Å²) in [5, 5.41) is 18.8. The third kappa shape index (κ3) is 5.68. The lowest BCUT2D eigenvalue weighted by Crippen LogP contribution is -2.31. The highest BCUT2D eigenvalue weighted by Gasteiger charge is 2.24. The second-order valence-electron chi connectivity index (χ2n) is 10.1. The predicted octanol–water partition coefficient (Wildman–Crippen LogP) is 5.97. The van der Waals surface area contributed by atoms with Crippen LogP contribution in [0.25, 0.3) is 11.0 Å². The van der Waals surface area contributed by atoms with Gasteiger partial charge in [0.1, 0.15) is 23.2 Å². The molecule has 0 bridgehead atoms. The maximum absolute atomic E-state index is 13.1. The minimum atomic E-state index is -0.970. The number of hydrogen-bond acceptors (Lipinski definition) is 6. The molecule has 0 aliphatic heterocycles. The summed E-state index contributed by atoms with van der Waals surface area (Å²) >= 11 is 0. The van der Waals surface area contributed by atoms with Crippen molar-refractivity contribution < 1.29 is 18.8 Å². The number of hydrogen-bond donors (Lipinski definition) is 2. The van der Waals surface area contributed by atoms with E-state index in [1.807, 2.05) is 38.2 Å². The Labute approximate surface area is 211 Å². The quantitative estimate of drug-likeness (QED) is 0.300. The fourth-order valence-electron chi connectivity index (χ4n) is 4.68. The predicted molar refractivity (Wildman–Crippen MR) is 139 cm³/mol. The minimum absolute atomic E-state index is 0.0515. The number of furan rings is 1. The van der Waals surface area contributed by atoms with Gasteiger partial charge in [-0.3, -0.25) is 9.78 Å². The van der Waals surface area contributed by atoms with Gasteiger partial charge in [0.15, 0.2) is 0 Å². The molecule has 0 saturated carbocycles. The van der Waals surface area contributed by atoms with Crippen molar-refractivity contribution in [1.82, 2.24) is 15.5 Å². The first kappa shape index (κ1) is 25.6. The Morgan fingerprint density at radius 2 is 1.86 bits per heavy atom. The largest absolute Gasteiger partial charge is 0.458 e. The molecular formula is C29H35N3O4. The van der Waals surface area contributed by atoms with E-state index in [4.69, 9.17) is 8.94 Å². The monoisotopic (exact) mass is 489 g/mol. The van der Waals surface area contributed by atoms with Gasteiger partial charge in [-0.05, 0) is 81.3 Å². The van der Waals surface area contributed by atoms with Crippen LogP contribution >= 0.6 is 0 Å². The standard InChI is InChI=1S/C29H35N3O4/c1-16(2)7-9-23(28-18(4)11-17(3)15-30-28)31-26(33)13-21-8-10-24-22(12-21)14-25(35-24)29(34)27-19(5)32-36-20(27)6/h8,10-12,14-16,23,29,34H,7,9,13H2,1-6H3,(H,31,33)/t23-,29+/m1/s1. The number of aryl methyl sites for hydroxylation is 4. The zero-order valence-electron chi connectivity index (χ0n) is 21.9. The number of fused-ring (bicyclic) bond motifs is 1. The van der Waals surface area contributed by atoms with Gasteiger partial charge in [-0.15, -0.1) is 0 Å². The van der Waals surface area contributed by atoms with E-state index in [1.165, 1.54) is 0 Å². The average molecular weight is 490 g/mol. The Balaban J connectivity index is 1.51. The van der Waals surface area contributed by atoms with E-state index in [-0.39, 0.29) is 18.4 Å². The van der Waals surface area contributed by atoms with Crippen LogP contribution < -0.4 is 5.32 Å². The van der Waals surface area contributed by atoms with Crippen molar-refractivity contribution >= 4 is 16.9 Å². The highest BCUT2D eigenvalue weighted by molar-refractivity contribution is 5.83. The fraction of sp³-hybridized carbons (Fsp3) is 0.414. The number of nitrogens with one attached hydrogen (secondary N) is 1. The van der Waals surface area contributed by atoms with Crippen LogP contribution in [0.5, 0.6) is 0 Å². The van der Waals surface area contributed by atoms with Crippen LogP contribution in [0.2, 0.25) is 0 Å². The number of pyridine rings is 1. The molecule has 0 radical (unpaired) electrons. The van der Waals surface area contributed by atoms with Crippen LogP contribution in [0.15, 0.2) is 45.5 Å². The van der Waals surface area contributed by atoms with Crippen molar-refractivity contribution in [2.75, 3.05) is 0 Å². The Kier molecular flexibility index (Phi) is 7.59. The van der Waals surface area contributed by atoms with E-state index in [0.717, 1.165) is 40.6 Å². The van der Waals surface area contributed by atoms with Crippen molar-refractivity contribution in [2.24, 2.45) is 5.92 Å². The molecule has 0 aliphatic carbocycles. The molecule has 0 spiro atoms. The Bertz CT molecular complexity index is 1350. The van der Waals surface area contributed by atoms with E-state index in [2.05, 4.69) is 35.4 Å². The molecule has 0 unspecified atom stereocenters. The first-order chi connectivity index (χ1) is 17.1. The number of aromatic nitrogens is 2. The lowest BCUT2D eigenvalue weighted by molar-refractivity contribution is -0.121. The Morgan fingerprint density at radius 1 is 1.08 bits per heavy atom. The maximum atomic E-state index is 13.1. The van der Waals surface area contributed by atoms with Crippen molar-refractivity contribution in [1.29, 1.82) is 0 Å². The normalized spacial score (nSPS) is 13.3. The van der Waals surface area contributed by atoms with Gasteiger partial charge in [0, 0.05) is 11.6 Å². The number of aliphatic hydroxyl groups is 1. The topological polar surface area (TPSA) is 101 Å². The molecule has 2 atom stereocenters. The zero-order chi connectivity index (χ0) is 26.0. The van der Waals surface area contributed by atoms with E-state index in [9.17, 15) is 9.90 Å². The molecule has 7 heteroatoms. The highest BCUT2D eigenvalue weighted by Crippen LogP contribution is 2.32. The number of benzene rings is 1. The minimum Gasteiger partial charge on any atom is -0.458 e. The summed E-state index contributed by atoms with van der Waals surface area (Å²) in [5.41, 5.74) is 5.89. The molecule has 0 fully saturated rings. The molecule has 2 N–H and O–H groups in total. The lowest BCUT2D eigenvalue weighted by Gasteiger charge is -2.21. The summed E-state index contributed by atoms with van der Waals surface area (Å²) in [6, 6.07) is 9.44. The van der Waals surface area contributed by atoms with Gasteiger partial charge in [-0.1, -0.05) is 31.1 Å². The molecule has 7 nitrogen and oxygen atoms in total. The molecule has 4 aromatic rings. The molecule has 36 heavy (non-hydrogen) atoms. The first-order valence-corrected chi connectivity index (χ1v) is 12.5. The second kappa shape index (κ2) is 10.7. The van der Waals surface area contributed by atoms with Crippen LogP contribution in [0, 0.1) is 33.6 Å². The van der Waals surface area contributed by atoms with E-state index in [1.54, 1.807) is 19.9 Å². The van der Waals surface area contributed by atoms with Gasteiger partial charge < -0.3 is 19.4 Å². The van der Waals surface area contributed by atoms with E-state index in [0.29, 0.717) is 34.3 Å². The summed E-state index contributed by atoms with van der Waals surface area (Å²) in [5.74, 6) is 1.46. The van der Waals surface area contributed by atoms with Crippen LogP contribution in [-0.2, 0) is 11.2 Å². The van der Waals surface area contributed by atoms with E-state index < -0.39 is 6.10 Å². The van der Waals surface area contributed by atoms with Gasteiger partial charge in [0.2, 0.25) is 5.91 Å². The molecule has 0 aliphatic rings. The Hall–Kier alpha value is -3.45. The van der Waals surface area contributed by atoms with Gasteiger partial charge in [0.25, 0.3) is 0 Å². The van der Waals surface area contributed by atoms with E-state index >= 15 is 0 Å². The van der Waals surface area contributed by atoms with Crippen LogP contribution in [0.4, 0.5) is 0 Å². The molecule has 0 saturated heterocycles. The first-order valence-electron chi connectivity index (χ1n) is 12.5. The molecule has 190 valence electrons. The number of rotatable bonds is 9. The molecule has 3 heterocycles. The smallest absolute Gasteiger partial charge is 0.224 e. The third-order valence-corrected chi connectivity index (χ3v) is 6.55. The summed E-state index contributed by atoms with van der Waals surface area (Å²) in [7, 11) is 0. The lowest BCUT2D eigenvalue weighted by atomic mass is 9.97. The van der Waals surface area contributed by atoms with Crippen molar-refractivity contribution in [3.63, 3.8) is 0 Å². The zero-order valence-corrected chi connectivity index (χ0v) is 21.9. The molecule has 1 amide bonds. The summed E-state index contributed by atoms with van der Waals surface area (Å²) in [6.45, 7) is 12.0. The summed E-state index contributed by atoms with van der Waals surface area (Å²) in [6.07, 6.45) is 2.97. The summed E-state index contributed by atoms with van der Waals surface area (Å²) < 4.78 is 11.1. The number of nitrogens with zero attached hydrogens (tertiary/aromatic N) is 2. The van der Waals surface area contributed by atoms with Crippen molar-refractivity contribution in [2.45, 2.75) is 73.0 Å². The number of aliphatic hydroxyl groups excluding tert-OH is 1. The molecule has 1 aromatic carbocycles. The van der Waals surface area contributed by atoms with Gasteiger partial charge in [-0.2, -0.15) is 0 Å². The fourth-order valence-corrected chi connectivity index (χ4v) is 4.68. The van der Waals surface area contributed by atoms with Gasteiger partial charge >= 0.3 is 0 Å². The van der Waals surface area contributed by atoms with Crippen molar-refractivity contribution in [3.05, 3.63) is 81.7 Å². The number of carbonyl (C=O) groups is 1. The SMILES string of the molecule is Cc1cnc([C@@H](CCC(C)C)NC(=O)Cc2ccc3oc([C@H](O)c4c(C)noc4C)cc3c2)c(C)c1.